The Morgan fingerprint density at radius 1 is 1.21 bits per heavy atom. The maximum Gasteiger partial charge on any atom is 0.375 e. The first-order valence-electron chi connectivity index (χ1n) is 6.32. The summed E-state index contributed by atoms with van der Waals surface area (Å²) in [6, 6.07) is 9.90. The molecule has 3 nitrogen and oxygen atoms in total. The monoisotopic (exact) mass is 323 g/mol. The van der Waals surface area contributed by atoms with E-state index in [9.17, 15) is 4.79 Å². The highest BCUT2D eigenvalue weighted by atomic mass is 79.9. The second-order valence-corrected chi connectivity index (χ2v) is 4.20. The van der Waals surface area contributed by atoms with Crippen LogP contribution in [0.1, 0.15) is 26.3 Å². The number of aromatic nitrogens is 1. The van der Waals surface area contributed by atoms with Gasteiger partial charge in [-0.3, -0.25) is 0 Å². The van der Waals surface area contributed by atoms with Gasteiger partial charge in [0.2, 0.25) is 0 Å². The Hall–Kier alpha value is -1.42. The molecule has 1 unspecified atom stereocenters. The summed E-state index contributed by atoms with van der Waals surface area (Å²) in [7, 11) is 0. The Morgan fingerprint density at radius 3 is 2.53 bits per heavy atom. The molecule has 1 aromatic heterocycles. The van der Waals surface area contributed by atoms with E-state index in [1.54, 1.807) is 0 Å². The minimum absolute atomic E-state index is 0. The molecule has 2 aromatic rings. The number of carbonyl (C=O) groups excluding carboxylic acids is 1. The number of hydrogen-bond donors (Lipinski definition) is 0. The fourth-order valence-corrected chi connectivity index (χ4v) is 2.08. The molecule has 1 aromatic carbocycles. The molecule has 0 bridgehead atoms. The van der Waals surface area contributed by atoms with Crippen molar-refractivity contribution in [3.63, 3.8) is 0 Å². The Balaban J connectivity index is 0.00000180. The van der Waals surface area contributed by atoms with Gasteiger partial charge < -0.3 is 21.7 Å². The minimum Gasteiger partial charge on any atom is -1.00 e. The number of fused-ring (bicyclic) bond motifs is 1. The largest absolute Gasteiger partial charge is 1.00 e. The van der Waals surface area contributed by atoms with Crippen molar-refractivity contribution in [1.82, 2.24) is 0 Å². The van der Waals surface area contributed by atoms with Gasteiger partial charge in [0.05, 0.1) is 6.61 Å². The number of nitrogens with zero attached hydrogens (tertiary/aromatic N) is 1. The molecule has 0 spiro atoms. The van der Waals surface area contributed by atoms with Gasteiger partial charge >= 0.3 is 5.97 Å². The van der Waals surface area contributed by atoms with Gasteiger partial charge in [-0.2, -0.15) is 4.57 Å². The van der Waals surface area contributed by atoms with E-state index in [2.05, 4.69) is 6.07 Å². The molecule has 0 aliphatic rings. The van der Waals surface area contributed by atoms with Crippen LogP contribution in [0.3, 0.4) is 0 Å². The van der Waals surface area contributed by atoms with Crippen molar-refractivity contribution in [1.29, 1.82) is 0 Å². The molecule has 0 radical (unpaired) electrons. The highest BCUT2D eigenvalue weighted by Crippen LogP contribution is 2.12. The molecule has 0 amide bonds. The molecular weight excluding hydrogens is 306 g/mol. The van der Waals surface area contributed by atoms with Crippen molar-refractivity contribution < 1.29 is 31.1 Å². The first-order valence-corrected chi connectivity index (χ1v) is 6.32. The number of ether oxygens (including phenoxy) is 1. The zero-order valence-corrected chi connectivity index (χ0v) is 12.8. The van der Waals surface area contributed by atoms with Crippen molar-refractivity contribution >= 4 is 16.7 Å². The lowest BCUT2D eigenvalue weighted by Gasteiger charge is -2.09. The topological polar surface area (TPSA) is 30.2 Å². The van der Waals surface area contributed by atoms with Gasteiger partial charge in [0.1, 0.15) is 0 Å². The molecule has 1 heterocycles. The third-order valence-corrected chi connectivity index (χ3v) is 3.02. The van der Waals surface area contributed by atoms with Gasteiger partial charge in [-0.25, -0.2) is 4.79 Å². The molecule has 0 fully saturated rings. The van der Waals surface area contributed by atoms with Crippen LogP contribution in [0.5, 0.6) is 0 Å². The van der Waals surface area contributed by atoms with E-state index in [1.807, 2.05) is 55.1 Å². The molecule has 19 heavy (non-hydrogen) atoms. The molecule has 4 heteroatoms. The Morgan fingerprint density at radius 2 is 1.89 bits per heavy atom. The van der Waals surface area contributed by atoms with Crippen LogP contribution in [0, 0.1) is 0 Å². The Kier molecular flexibility index (Phi) is 5.96. The van der Waals surface area contributed by atoms with E-state index in [0.29, 0.717) is 6.61 Å². The fourth-order valence-electron chi connectivity index (χ4n) is 2.08. The third kappa shape index (κ3) is 3.53. The van der Waals surface area contributed by atoms with Gasteiger partial charge in [0.15, 0.2) is 12.4 Å². The van der Waals surface area contributed by atoms with Crippen molar-refractivity contribution in [3.8, 4) is 0 Å². The van der Waals surface area contributed by atoms with E-state index in [1.165, 1.54) is 5.39 Å². The molecule has 0 saturated carbocycles. The predicted octanol–water partition coefficient (Wildman–Crippen LogP) is -0.354. The van der Waals surface area contributed by atoms with Gasteiger partial charge in [-0.15, -0.1) is 0 Å². The first kappa shape index (κ1) is 15.6. The van der Waals surface area contributed by atoms with Crippen LogP contribution in [0.25, 0.3) is 10.8 Å². The quantitative estimate of drug-likeness (QED) is 0.568. The van der Waals surface area contributed by atoms with Crippen molar-refractivity contribution in [2.45, 2.75) is 26.3 Å². The zero-order valence-electron chi connectivity index (χ0n) is 11.2. The Labute approximate surface area is 124 Å². The summed E-state index contributed by atoms with van der Waals surface area (Å²) in [5.74, 6) is -0.166. The van der Waals surface area contributed by atoms with Crippen LogP contribution in [0.4, 0.5) is 0 Å². The highest BCUT2D eigenvalue weighted by molar-refractivity contribution is 5.80. The van der Waals surface area contributed by atoms with E-state index in [4.69, 9.17) is 4.74 Å². The standard InChI is InChI=1S/C15H18NO2.BrH/c1-3-14(15(17)18-4-2)16-10-9-12-7-5-6-8-13(12)11-16;/h5-11,14H,3-4H2,1-2H3;1H/q+1;/p-1. The van der Waals surface area contributed by atoms with E-state index < -0.39 is 0 Å². The second kappa shape index (κ2) is 7.24. The molecule has 0 saturated heterocycles. The molecule has 0 aliphatic carbocycles. The molecule has 102 valence electrons. The fraction of sp³-hybridized carbons (Fsp3) is 0.333. The van der Waals surface area contributed by atoms with Gasteiger partial charge in [0.25, 0.3) is 6.04 Å². The summed E-state index contributed by atoms with van der Waals surface area (Å²) < 4.78 is 7.03. The van der Waals surface area contributed by atoms with Gasteiger partial charge in [-0.1, -0.05) is 25.1 Å². The summed E-state index contributed by atoms with van der Waals surface area (Å²) in [5.41, 5.74) is 0. The van der Waals surface area contributed by atoms with Crippen LogP contribution in [0.15, 0.2) is 42.7 Å². The van der Waals surface area contributed by atoms with Crippen LogP contribution in [-0.4, -0.2) is 12.6 Å². The van der Waals surface area contributed by atoms with Crippen molar-refractivity contribution in [2.24, 2.45) is 0 Å². The van der Waals surface area contributed by atoms with E-state index in [0.717, 1.165) is 11.8 Å². The normalized spacial score (nSPS) is 11.7. The zero-order chi connectivity index (χ0) is 13.0. The van der Waals surface area contributed by atoms with Crippen molar-refractivity contribution in [2.75, 3.05) is 6.61 Å². The number of carbonyl (C=O) groups is 1. The lowest BCUT2D eigenvalue weighted by molar-refractivity contribution is -0.709. The van der Waals surface area contributed by atoms with E-state index >= 15 is 0 Å². The molecule has 0 N–H and O–H groups in total. The van der Waals surface area contributed by atoms with Crippen LogP contribution >= 0.6 is 0 Å². The molecule has 2 rings (SSSR count). The first-order chi connectivity index (χ1) is 8.76. The SMILES string of the molecule is CCOC(=O)C(CC)[n+]1ccc2ccccc2c1.[Br-]. The maximum absolute atomic E-state index is 11.9. The molecule has 1 atom stereocenters. The molecular formula is C15H18BrNO2. The molecule has 0 aliphatic heterocycles. The van der Waals surface area contributed by atoms with E-state index in [-0.39, 0.29) is 29.0 Å². The lowest BCUT2D eigenvalue weighted by atomic mass is 10.1. The summed E-state index contributed by atoms with van der Waals surface area (Å²) in [5, 5.41) is 2.30. The summed E-state index contributed by atoms with van der Waals surface area (Å²) in [6.45, 7) is 4.24. The number of pyridine rings is 1. The van der Waals surface area contributed by atoms with Gasteiger partial charge in [-0.05, 0) is 18.4 Å². The minimum atomic E-state index is -0.241. The highest BCUT2D eigenvalue weighted by Gasteiger charge is 2.26. The van der Waals surface area contributed by atoms with Crippen molar-refractivity contribution in [3.05, 3.63) is 42.7 Å². The summed E-state index contributed by atoms with van der Waals surface area (Å²) >= 11 is 0. The summed E-state index contributed by atoms with van der Waals surface area (Å²) in [6.07, 6.45) is 4.66. The average molecular weight is 324 g/mol. The van der Waals surface area contributed by atoms with Crippen LogP contribution < -0.4 is 21.5 Å². The van der Waals surface area contributed by atoms with Gasteiger partial charge in [0, 0.05) is 17.9 Å². The second-order valence-electron chi connectivity index (χ2n) is 4.20. The number of hydrogen-bond acceptors (Lipinski definition) is 2. The maximum atomic E-state index is 11.9. The number of halogens is 1. The van der Waals surface area contributed by atoms with Crippen LogP contribution in [0.2, 0.25) is 0 Å². The number of esters is 1. The third-order valence-electron chi connectivity index (χ3n) is 3.02. The predicted molar refractivity (Wildman–Crippen MR) is 70.1 cm³/mol. The number of benzene rings is 1. The lowest BCUT2D eigenvalue weighted by Crippen LogP contribution is -3.00. The average Bonchev–Trinajstić information content (AvgIpc) is 2.40. The Bertz CT molecular complexity index is 557. The van der Waals surface area contributed by atoms with Crippen LogP contribution in [-0.2, 0) is 9.53 Å². The number of rotatable bonds is 4. The smallest absolute Gasteiger partial charge is 0.375 e. The summed E-state index contributed by atoms with van der Waals surface area (Å²) in [4.78, 5) is 11.9.